The van der Waals surface area contributed by atoms with E-state index in [1.54, 1.807) is 0 Å². The van der Waals surface area contributed by atoms with Gasteiger partial charge in [0.05, 0.1) is 17.6 Å². The zero-order valence-electron chi connectivity index (χ0n) is 14.9. The summed E-state index contributed by atoms with van der Waals surface area (Å²) in [6.45, 7) is 0.503. The fraction of sp³-hybridized carbons (Fsp3) is 0.0952. The number of nitrogens with zero attached hydrogens (tertiary/aromatic N) is 1. The first-order valence-electron chi connectivity index (χ1n) is 8.80. The minimum Gasteiger partial charge on any atom is -0.483 e. The molecule has 0 unspecified atom stereocenters. The van der Waals surface area contributed by atoms with E-state index in [-0.39, 0.29) is 30.0 Å². The maximum atomic E-state index is 12.3. The molecule has 0 saturated heterocycles. The molecule has 0 bridgehead atoms. The van der Waals surface area contributed by atoms with Gasteiger partial charge in [0.1, 0.15) is 18.1 Å². The summed E-state index contributed by atoms with van der Waals surface area (Å²) in [4.78, 5) is 34.9. The van der Waals surface area contributed by atoms with E-state index in [0.29, 0.717) is 5.82 Å². The molecule has 3 N–H and O–H groups in total. The molecule has 0 radical (unpaired) electrons. The Kier molecular flexibility index (Phi) is 4.88. The summed E-state index contributed by atoms with van der Waals surface area (Å²) in [5.74, 6) is 0.407. The van der Waals surface area contributed by atoms with Crippen LogP contribution in [0.3, 0.4) is 0 Å². The minimum atomic E-state index is -0.396. The highest BCUT2D eigenvalue weighted by atomic mass is 16.5. The molecule has 4 aromatic rings. The van der Waals surface area contributed by atoms with E-state index < -0.39 is 5.91 Å². The second-order valence-corrected chi connectivity index (χ2v) is 6.23. The molecule has 1 amide bonds. The zero-order chi connectivity index (χ0) is 19.3. The van der Waals surface area contributed by atoms with Crippen LogP contribution in [0.2, 0.25) is 0 Å². The Morgan fingerprint density at radius 3 is 2.64 bits per heavy atom. The average Bonchev–Trinajstić information content (AvgIpc) is 3.15. The summed E-state index contributed by atoms with van der Waals surface area (Å²) in [5, 5.41) is 2.74. The van der Waals surface area contributed by atoms with Crippen molar-refractivity contribution in [3.63, 3.8) is 0 Å². The van der Waals surface area contributed by atoms with Crippen molar-refractivity contribution in [3.05, 3.63) is 94.2 Å². The number of aromatic nitrogens is 3. The molecule has 0 aliphatic carbocycles. The van der Waals surface area contributed by atoms with E-state index in [0.717, 1.165) is 16.6 Å². The van der Waals surface area contributed by atoms with Gasteiger partial charge in [-0.3, -0.25) is 9.59 Å². The molecule has 0 saturated carbocycles. The van der Waals surface area contributed by atoms with Gasteiger partial charge in [-0.25, -0.2) is 4.98 Å². The monoisotopic (exact) mass is 374 g/mol. The Labute approximate surface area is 160 Å². The van der Waals surface area contributed by atoms with Crippen LogP contribution in [0.25, 0.3) is 11.0 Å². The van der Waals surface area contributed by atoms with Gasteiger partial charge in [-0.1, -0.05) is 42.5 Å². The van der Waals surface area contributed by atoms with Gasteiger partial charge in [-0.15, -0.1) is 0 Å². The molecule has 28 heavy (non-hydrogen) atoms. The van der Waals surface area contributed by atoms with Crippen molar-refractivity contribution in [2.75, 3.05) is 0 Å². The van der Waals surface area contributed by atoms with Crippen LogP contribution >= 0.6 is 0 Å². The molecule has 2 aromatic carbocycles. The van der Waals surface area contributed by atoms with Crippen molar-refractivity contribution in [3.8, 4) is 5.75 Å². The predicted molar refractivity (Wildman–Crippen MR) is 105 cm³/mol. The molecule has 0 aliphatic rings. The number of pyridine rings is 1. The van der Waals surface area contributed by atoms with Crippen molar-refractivity contribution in [1.29, 1.82) is 0 Å². The lowest BCUT2D eigenvalue weighted by Crippen LogP contribution is -2.25. The Hall–Kier alpha value is -3.87. The van der Waals surface area contributed by atoms with Gasteiger partial charge in [0, 0.05) is 12.3 Å². The lowest BCUT2D eigenvalue weighted by Gasteiger charge is -2.07. The van der Waals surface area contributed by atoms with Gasteiger partial charge in [-0.2, -0.15) is 0 Å². The van der Waals surface area contributed by atoms with E-state index in [4.69, 9.17) is 4.74 Å². The molecule has 2 heterocycles. The normalized spacial score (nSPS) is 10.7. The number of carbonyl (C=O) groups is 1. The lowest BCUT2D eigenvalue weighted by molar-refractivity contribution is 0.0944. The van der Waals surface area contributed by atoms with Crippen LogP contribution in [-0.2, 0) is 13.2 Å². The molecule has 140 valence electrons. The minimum absolute atomic E-state index is 0.160. The van der Waals surface area contributed by atoms with E-state index in [1.807, 2.05) is 54.6 Å². The Morgan fingerprint density at radius 2 is 1.86 bits per heavy atom. The van der Waals surface area contributed by atoms with Crippen molar-refractivity contribution in [1.82, 2.24) is 20.3 Å². The van der Waals surface area contributed by atoms with Gasteiger partial charge in [0.25, 0.3) is 5.91 Å². The number of nitrogens with one attached hydrogen (secondary N) is 3. The number of ether oxygens (including phenoxy) is 1. The van der Waals surface area contributed by atoms with Crippen LogP contribution in [0.1, 0.15) is 21.9 Å². The van der Waals surface area contributed by atoms with Gasteiger partial charge < -0.3 is 20.0 Å². The van der Waals surface area contributed by atoms with E-state index >= 15 is 0 Å². The van der Waals surface area contributed by atoms with Gasteiger partial charge in [0.15, 0.2) is 5.75 Å². The Bertz CT molecular complexity index is 1130. The molecular formula is C21H18N4O3. The second-order valence-electron chi connectivity index (χ2n) is 6.23. The van der Waals surface area contributed by atoms with Crippen molar-refractivity contribution in [2.24, 2.45) is 0 Å². The summed E-state index contributed by atoms with van der Waals surface area (Å²) in [5.41, 5.74) is 2.49. The molecule has 0 aliphatic heterocycles. The first kappa shape index (κ1) is 17.5. The van der Waals surface area contributed by atoms with Crippen LogP contribution in [-0.4, -0.2) is 20.9 Å². The first-order chi connectivity index (χ1) is 13.7. The third kappa shape index (κ3) is 3.93. The van der Waals surface area contributed by atoms with Crippen molar-refractivity contribution in [2.45, 2.75) is 13.2 Å². The number of carbonyl (C=O) groups excluding carboxylic acids is 1. The quantitative estimate of drug-likeness (QED) is 0.483. The number of imidazole rings is 1. The second kappa shape index (κ2) is 7.79. The molecular weight excluding hydrogens is 356 g/mol. The van der Waals surface area contributed by atoms with Crippen LogP contribution in [0, 0.1) is 0 Å². The topological polar surface area (TPSA) is 99.9 Å². The summed E-state index contributed by atoms with van der Waals surface area (Å²) in [7, 11) is 0. The highest BCUT2D eigenvalue weighted by Gasteiger charge is 2.11. The molecule has 7 nitrogen and oxygen atoms in total. The molecule has 0 atom stereocenters. The zero-order valence-corrected chi connectivity index (χ0v) is 14.9. The van der Waals surface area contributed by atoms with Crippen LogP contribution in [0.5, 0.6) is 5.75 Å². The molecule has 0 spiro atoms. The van der Waals surface area contributed by atoms with Crippen molar-refractivity contribution < 1.29 is 9.53 Å². The molecule has 2 aromatic heterocycles. The Morgan fingerprint density at radius 1 is 1.07 bits per heavy atom. The maximum absolute atomic E-state index is 12.3. The number of rotatable bonds is 6. The van der Waals surface area contributed by atoms with E-state index in [1.165, 1.54) is 12.3 Å². The summed E-state index contributed by atoms with van der Waals surface area (Å²) in [6.07, 6.45) is 1.40. The van der Waals surface area contributed by atoms with Crippen LogP contribution in [0.15, 0.2) is 71.7 Å². The standard InChI is InChI=1S/C21H18N4O3/c26-18-10-17(22-11-19(18)28-13-14-6-2-1-3-7-14)21(27)23-12-20-24-15-8-4-5-9-16(15)25-20/h1-11H,12-13H2,(H,22,26)(H,23,27)(H,24,25). The van der Waals surface area contributed by atoms with E-state index in [9.17, 15) is 9.59 Å². The number of fused-ring (bicyclic) bond motifs is 1. The van der Waals surface area contributed by atoms with Crippen molar-refractivity contribution >= 4 is 16.9 Å². The van der Waals surface area contributed by atoms with Crippen LogP contribution in [0.4, 0.5) is 0 Å². The highest BCUT2D eigenvalue weighted by Crippen LogP contribution is 2.10. The number of H-pyrrole nitrogens is 2. The fourth-order valence-electron chi connectivity index (χ4n) is 2.79. The number of aromatic amines is 2. The number of amides is 1. The van der Waals surface area contributed by atoms with Gasteiger partial charge in [-0.05, 0) is 17.7 Å². The number of hydrogen-bond donors (Lipinski definition) is 3. The van der Waals surface area contributed by atoms with Gasteiger partial charge in [0.2, 0.25) is 5.43 Å². The number of hydrogen-bond acceptors (Lipinski definition) is 4. The summed E-state index contributed by atoms with van der Waals surface area (Å²) >= 11 is 0. The van der Waals surface area contributed by atoms with Crippen LogP contribution < -0.4 is 15.5 Å². The SMILES string of the molecule is O=C(NCc1nc2ccccc2[nH]1)c1cc(=O)c(OCc2ccccc2)c[nH]1. The molecule has 4 rings (SSSR count). The molecule has 0 fully saturated rings. The third-order valence-corrected chi connectivity index (χ3v) is 4.21. The van der Waals surface area contributed by atoms with Gasteiger partial charge >= 0.3 is 0 Å². The smallest absolute Gasteiger partial charge is 0.268 e. The lowest BCUT2D eigenvalue weighted by atomic mass is 10.2. The fourth-order valence-corrected chi connectivity index (χ4v) is 2.79. The highest BCUT2D eigenvalue weighted by molar-refractivity contribution is 5.92. The number of benzene rings is 2. The Balaban J connectivity index is 1.38. The third-order valence-electron chi connectivity index (χ3n) is 4.21. The molecule has 7 heteroatoms. The predicted octanol–water partition coefficient (Wildman–Crippen LogP) is 2.76. The largest absolute Gasteiger partial charge is 0.483 e. The maximum Gasteiger partial charge on any atom is 0.268 e. The first-order valence-corrected chi connectivity index (χ1v) is 8.80. The average molecular weight is 374 g/mol. The van der Waals surface area contributed by atoms with E-state index in [2.05, 4.69) is 20.3 Å². The number of para-hydroxylation sites is 2. The summed E-state index contributed by atoms with van der Waals surface area (Å²) < 4.78 is 5.53. The summed E-state index contributed by atoms with van der Waals surface area (Å²) in [6, 6.07) is 18.4.